The van der Waals surface area contributed by atoms with Crippen LogP contribution in [-0.2, 0) is 6.42 Å². The Morgan fingerprint density at radius 3 is 2.65 bits per heavy atom. The van der Waals surface area contributed by atoms with Crippen LogP contribution in [0.4, 0.5) is 8.78 Å². The molecule has 0 fully saturated rings. The zero-order valence-corrected chi connectivity index (χ0v) is 12.4. The Balaban J connectivity index is 2.28. The van der Waals surface area contributed by atoms with Crippen LogP contribution in [0.3, 0.4) is 0 Å². The van der Waals surface area contributed by atoms with E-state index in [1.807, 2.05) is 12.1 Å². The van der Waals surface area contributed by atoms with Crippen LogP contribution >= 0.6 is 15.9 Å². The molecule has 1 aromatic carbocycles. The summed E-state index contributed by atoms with van der Waals surface area (Å²) in [5.74, 6) is 4.31. The average molecular weight is 342 g/mol. The molecule has 0 aliphatic carbocycles. The summed E-state index contributed by atoms with van der Waals surface area (Å²) < 4.78 is 28.0. The molecule has 2 rings (SSSR count). The third kappa shape index (κ3) is 3.39. The van der Waals surface area contributed by atoms with Gasteiger partial charge >= 0.3 is 0 Å². The van der Waals surface area contributed by atoms with Gasteiger partial charge in [-0.05, 0) is 46.6 Å². The molecule has 106 valence electrons. The smallest absolute Gasteiger partial charge is 0.130 e. The van der Waals surface area contributed by atoms with Crippen LogP contribution in [0.2, 0.25) is 0 Å². The van der Waals surface area contributed by atoms with Gasteiger partial charge < -0.3 is 0 Å². The molecule has 0 spiro atoms. The first-order chi connectivity index (χ1) is 9.51. The van der Waals surface area contributed by atoms with Crippen LogP contribution in [0.1, 0.15) is 22.9 Å². The van der Waals surface area contributed by atoms with E-state index in [0.717, 1.165) is 16.2 Å². The number of halogens is 3. The number of hydrogen-bond donors (Lipinski definition) is 2. The molecule has 1 aromatic heterocycles. The fourth-order valence-corrected chi connectivity index (χ4v) is 2.18. The highest BCUT2D eigenvalue weighted by atomic mass is 79.9. The van der Waals surface area contributed by atoms with E-state index >= 15 is 0 Å². The van der Waals surface area contributed by atoms with E-state index in [1.165, 1.54) is 6.07 Å². The summed E-state index contributed by atoms with van der Waals surface area (Å²) in [5.41, 5.74) is 4.03. The molecule has 0 radical (unpaired) electrons. The number of nitrogens with two attached hydrogens (primary N) is 1. The maximum Gasteiger partial charge on any atom is 0.130 e. The van der Waals surface area contributed by atoms with Crippen LogP contribution in [0.25, 0.3) is 0 Å². The molecule has 0 saturated heterocycles. The van der Waals surface area contributed by atoms with E-state index < -0.39 is 17.7 Å². The number of benzene rings is 1. The van der Waals surface area contributed by atoms with Crippen molar-refractivity contribution in [1.29, 1.82) is 0 Å². The molecule has 20 heavy (non-hydrogen) atoms. The summed E-state index contributed by atoms with van der Waals surface area (Å²) in [6.45, 7) is 1.59. The number of nitrogens with one attached hydrogen (secondary N) is 1. The van der Waals surface area contributed by atoms with Crippen LogP contribution in [0.15, 0.2) is 34.9 Å². The maximum atomic E-state index is 13.9. The number of aryl methyl sites for hydroxylation is 1. The zero-order valence-electron chi connectivity index (χ0n) is 10.8. The van der Waals surface area contributed by atoms with Crippen molar-refractivity contribution in [1.82, 2.24) is 10.4 Å². The molecule has 0 bridgehead atoms. The lowest BCUT2D eigenvalue weighted by atomic mass is 9.99. The van der Waals surface area contributed by atoms with Crippen molar-refractivity contribution in [3.63, 3.8) is 0 Å². The topological polar surface area (TPSA) is 50.9 Å². The van der Waals surface area contributed by atoms with Crippen molar-refractivity contribution >= 4 is 15.9 Å². The van der Waals surface area contributed by atoms with Crippen molar-refractivity contribution in [2.75, 3.05) is 0 Å². The van der Waals surface area contributed by atoms with Crippen molar-refractivity contribution in [2.24, 2.45) is 5.84 Å². The lowest BCUT2D eigenvalue weighted by Gasteiger charge is -2.17. The Hall–Kier alpha value is -1.37. The molecular weight excluding hydrogens is 328 g/mol. The van der Waals surface area contributed by atoms with Gasteiger partial charge in [-0.25, -0.2) is 8.78 Å². The SMILES string of the molecule is Cc1cc(C(Cc2ccc(Br)cn2)NN)c(F)cc1F. The molecule has 0 saturated carbocycles. The van der Waals surface area contributed by atoms with E-state index in [1.54, 1.807) is 13.1 Å². The second-order valence-corrected chi connectivity index (χ2v) is 5.43. The van der Waals surface area contributed by atoms with Gasteiger partial charge in [-0.15, -0.1) is 0 Å². The van der Waals surface area contributed by atoms with Crippen molar-refractivity contribution in [2.45, 2.75) is 19.4 Å². The summed E-state index contributed by atoms with van der Waals surface area (Å²) in [6, 6.07) is 5.55. The first-order valence-corrected chi connectivity index (χ1v) is 6.82. The van der Waals surface area contributed by atoms with Crippen molar-refractivity contribution < 1.29 is 8.78 Å². The fraction of sp³-hybridized carbons (Fsp3) is 0.214. The second kappa shape index (κ2) is 6.39. The Morgan fingerprint density at radius 2 is 2.05 bits per heavy atom. The minimum absolute atomic E-state index is 0.330. The molecule has 3 N–H and O–H groups in total. The van der Waals surface area contributed by atoms with Crippen molar-refractivity contribution in [3.05, 3.63) is 63.4 Å². The first-order valence-electron chi connectivity index (χ1n) is 6.03. The number of nitrogens with zero attached hydrogens (tertiary/aromatic N) is 1. The fourth-order valence-electron chi connectivity index (χ4n) is 1.94. The highest BCUT2D eigenvalue weighted by Gasteiger charge is 2.17. The van der Waals surface area contributed by atoms with Gasteiger partial charge in [-0.2, -0.15) is 0 Å². The van der Waals surface area contributed by atoms with Gasteiger partial charge in [-0.3, -0.25) is 16.3 Å². The summed E-state index contributed by atoms with van der Waals surface area (Å²) in [5, 5.41) is 0. The number of hydrazine groups is 1. The highest BCUT2D eigenvalue weighted by molar-refractivity contribution is 9.10. The van der Waals surface area contributed by atoms with Gasteiger partial charge in [0.05, 0.1) is 6.04 Å². The van der Waals surface area contributed by atoms with Gasteiger partial charge in [-0.1, -0.05) is 0 Å². The number of aromatic nitrogens is 1. The van der Waals surface area contributed by atoms with E-state index in [4.69, 9.17) is 5.84 Å². The summed E-state index contributed by atoms with van der Waals surface area (Å²) in [4.78, 5) is 4.22. The summed E-state index contributed by atoms with van der Waals surface area (Å²) in [7, 11) is 0. The van der Waals surface area contributed by atoms with Crippen LogP contribution in [0, 0.1) is 18.6 Å². The molecule has 0 aliphatic rings. The third-order valence-corrected chi connectivity index (χ3v) is 3.53. The van der Waals surface area contributed by atoms with E-state index in [0.29, 0.717) is 17.5 Å². The zero-order chi connectivity index (χ0) is 14.7. The quantitative estimate of drug-likeness (QED) is 0.663. The Bertz CT molecular complexity index is 602. The van der Waals surface area contributed by atoms with Crippen LogP contribution in [-0.4, -0.2) is 4.98 Å². The molecule has 1 unspecified atom stereocenters. The molecular formula is C14H14BrF2N3. The second-order valence-electron chi connectivity index (χ2n) is 4.51. The van der Waals surface area contributed by atoms with Gasteiger partial charge in [0.2, 0.25) is 0 Å². The lowest BCUT2D eigenvalue weighted by molar-refractivity contribution is 0.497. The van der Waals surface area contributed by atoms with E-state index in [-0.39, 0.29) is 0 Å². The Morgan fingerprint density at radius 1 is 1.30 bits per heavy atom. The predicted octanol–water partition coefficient (Wildman–Crippen LogP) is 3.18. The number of hydrogen-bond acceptors (Lipinski definition) is 3. The van der Waals surface area contributed by atoms with Gasteiger partial charge in [0.1, 0.15) is 11.6 Å². The number of pyridine rings is 1. The van der Waals surface area contributed by atoms with E-state index in [9.17, 15) is 8.78 Å². The largest absolute Gasteiger partial charge is 0.271 e. The standard InChI is InChI=1S/C14H14BrF2N3/c1-8-4-11(13(17)6-12(8)16)14(20-18)5-10-3-2-9(15)7-19-10/h2-4,6-7,14,20H,5,18H2,1H3. The third-order valence-electron chi connectivity index (χ3n) is 3.06. The normalized spacial score (nSPS) is 12.4. The summed E-state index contributed by atoms with van der Waals surface area (Å²) >= 11 is 3.30. The van der Waals surface area contributed by atoms with Crippen LogP contribution in [0.5, 0.6) is 0 Å². The average Bonchev–Trinajstić information content (AvgIpc) is 2.43. The summed E-state index contributed by atoms with van der Waals surface area (Å²) in [6.07, 6.45) is 2.07. The highest BCUT2D eigenvalue weighted by Crippen LogP contribution is 2.23. The minimum atomic E-state index is -0.617. The van der Waals surface area contributed by atoms with Gasteiger partial charge in [0.25, 0.3) is 0 Å². The number of rotatable bonds is 4. The first kappa shape index (κ1) is 15.0. The van der Waals surface area contributed by atoms with E-state index in [2.05, 4.69) is 26.3 Å². The minimum Gasteiger partial charge on any atom is -0.271 e. The molecule has 1 atom stereocenters. The van der Waals surface area contributed by atoms with Crippen LogP contribution < -0.4 is 11.3 Å². The van der Waals surface area contributed by atoms with Gasteiger partial charge in [0.15, 0.2) is 0 Å². The molecule has 0 aliphatic heterocycles. The van der Waals surface area contributed by atoms with Crippen molar-refractivity contribution in [3.8, 4) is 0 Å². The molecule has 0 amide bonds. The Kier molecular flexibility index (Phi) is 4.80. The maximum absolute atomic E-state index is 13.9. The molecule has 6 heteroatoms. The van der Waals surface area contributed by atoms with Gasteiger partial charge in [0, 0.05) is 34.4 Å². The monoisotopic (exact) mass is 341 g/mol. The predicted molar refractivity (Wildman–Crippen MR) is 76.8 cm³/mol. The lowest BCUT2D eigenvalue weighted by Crippen LogP contribution is -2.30. The molecule has 1 heterocycles. The Labute approximate surface area is 124 Å². The molecule has 3 nitrogen and oxygen atoms in total. The molecule has 2 aromatic rings.